The summed E-state index contributed by atoms with van der Waals surface area (Å²) in [7, 11) is -2.31. The van der Waals surface area contributed by atoms with Crippen LogP contribution in [0.3, 0.4) is 0 Å². The fraction of sp³-hybridized carbons (Fsp3) is 0.800. The Bertz CT molecular complexity index is 314. The zero-order chi connectivity index (χ0) is 10.2. The third-order valence-electron chi connectivity index (χ3n) is 1.75. The largest absolute Gasteiger partial charge is 0.359 e. The lowest BCUT2D eigenvalue weighted by Gasteiger charge is -2.18. The number of hydrazine groups is 1. The molecule has 1 saturated heterocycles. The van der Waals surface area contributed by atoms with Crippen molar-refractivity contribution in [2.24, 2.45) is 0 Å². The lowest BCUT2D eigenvalue weighted by atomic mass is 10.8. The number of nitrogens with zero attached hydrogens (tertiary/aromatic N) is 2. The van der Waals surface area contributed by atoms with E-state index in [4.69, 9.17) is 0 Å². The van der Waals surface area contributed by atoms with Crippen LogP contribution in [0.2, 0.25) is 0 Å². The minimum atomic E-state index is -3.60. The Labute approximate surface area is 75.9 Å². The van der Waals surface area contributed by atoms with Crippen LogP contribution < -0.4 is 5.43 Å². The molecule has 1 unspecified atom stereocenters. The first-order chi connectivity index (χ1) is 5.90. The Hall–Kier alpha value is -0.860. The van der Waals surface area contributed by atoms with E-state index in [9.17, 15) is 18.3 Å². The number of amides is 2. The molecule has 13 heavy (non-hydrogen) atoms. The fourth-order valence-corrected chi connectivity index (χ4v) is 1.77. The maximum absolute atomic E-state index is 11.2. The summed E-state index contributed by atoms with van der Waals surface area (Å²) in [6, 6.07) is -0.649. The van der Waals surface area contributed by atoms with Crippen LogP contribution in [0.25, 0.3) is 0 Å². The predicted octanol–water partition coefficient (Wildman–Crippen LogP) is -1.52. The standard InChI is InChI=1S/C5H11N3O4S/c1-3-13(11,12)8-5(10)7(2)4(9)6-8/h5,10H,3H2,1-2H3,(H,6,9). The van der Waals surface area contributed by atoms with Crippen molar-refractivity contribution in [2.45, 2.75) is 13.3 Å². The van der Waals surface area contributed by atoms with Crippen molar-refractivity contribution in [3.63, 3.8) is 0 Å². The van der Waals surface area contributed by atoms with E-state index in [2.05, 4.69) is 0 Å². The van der Waals surface area contributed by atoms with Gasteiger partial charge in [0.2, 0.25) is 16.4 Å². The summed E-state index contributed by atoms with van der Waals surface area (Å²) in [6.07, 6.45) is -1.46. The van der Waals surface area contributed by atoms with Crippen LogP contribution in [0, 0.1) is 0 Å². The molecule has 2 amide bonds. The summed E-state index contributed by atoms with van der Waals surface area (Å²) in [4.78, 5) is 11.8. The molecule has 1 aliphatic heterocycles. The quantitative estimate of drug-likeness (QED) is 0.578. The van der Waals surface area contributed by atoms with E-state index in [1.165, 1.54) is 14.0 Å². The van der Waals surface area contributed by atoms with Gasteiger partial charge in [-0.2, -0.15) is 0 Å². The third kappa shape index (κ3) is 1.60. The molecule has 0 bridgehead atoms. The normalized spacial score (nSPS) is 25.0. The van der Waals surface area contributed by atoms with Crippen molar-refractivity contribution < 1.29 is 18.3 Å². The Morgan fingerprint density at radius 2 is 2.15 bits per heavy atom. The number of aliphatic hydroxyl groups is 1. The number of hydrogen-bond acceptors (Lipinski definition) is 4. The van der Waals surface area contributed by atoms with E-state index in [0.717, 1.165) is 4.90 Å². The first-order valence-electron chi connectivity index (χ1n) is 3.63. The summed E-state index contributed by atoms with van der Waals surface area (Å²) in [6.45, 7) is 1.42. The Morgan fingerprint density at radius 3 is 2.46 bits per heavy atom. The Kier molecular flexibility index (Phi) is 2.46. The van der Waals surface area contributed by atoms with Crippen molar-refractivity contribution in [1.82, 2.24) is 14.7 Å². The van der Waals surface area contributed by atoms with Crippen molar-refractivity contribution in [3.05, 3.63) is 0 Å². The summed E-state index contributed by atoms with van der Waals surface area (Å²) < 4.78 is 23.0. The molecule has 0 aromatic carbocycles. The van der Waals surface area contributed by atoms with E-state index >= 15 is 0 Å². The molecule has 0 saturated carbocycles. The van der Waals surface area contributed by atoms with Gasteiger partial charge in [0.1, 0.15) is 0 Å². The topological polar surface area (TPSA) is 90.0 Å². The highest BCUT2D eigenvalue weighted by atomic mass is 32.2. The minimum Gasteiger partial charge on any atom is -0.359 e. The Morgan fingerprint density at radius 1 is 1.62 bits per heavy atom. The van der Waals surface area contributed by atoms with E-state index in [1.807, 2.05) is 5.43 Å². The second-order valence-corrected chi connectivity index (χ2v) is 4.71. The van der Waals surface area contributed by atoms with Gasteiger partial charge in [-0.25, -0.2) is 13.2 Å². The van der Waals surface area contributed by atoms with Gasteiger partial charge in [0, 0.05) is 7.05 Å². The van der Waals surface area contributed by atoms with Crippen LogP contribution in [-0.4, -0.2) is 48.0 Å². The lowest BCUT2D eigenvalue weighted by molar-refractivity contribution is -0.00602. The zero-order valence-corrected chi connectivity index (χ0v) is 8.08. The first kappa shape index (κ1) is 10.2. The monoisotopic (exact) mass is 209 g/mol. The molecule has 7 nitrogen and oxygen atoms in total. The fourth-order valence-electron chi connectivity index (χ4n) is 0.845. The van der Waals surface area contributed by atoms with Gasteiger partial charge in [-0.05, 0) is 6.92 Å². The number of rotatable bonds is 2. The summed E-state index contributed by atoms with van der Waals surface area (Å²) in [5.41, 5.74) is 2.03. The number of carbonyl (C=O) groups excluding carboxylic acids is 1. The van der Waals surface area contributed by atoms with Crippen LogP contribution in [0.5, 0.6) is 0 Å². The molecule has 1 aliphatic rings. The molecule has 0 aromatic heterocycles. The molecule has 0 spiro atoms. The molecule has 1 atom stereocenters. The summed E-state index contributed by atoms with van der Waals surface area (Å²) in [5.74, 6) is -0.182. The molecule has 1 fully saturated rings. The average Bonchev–Trinajstić information content (AvgIpc) is 2.33. The first-order valence-corrected chi connectivity index (χ1v) is 5.24. The highest BCUT2D eigenvalue weighted by Crippen LogP contribution is 2.12. The van der Waals surface area contributed by atoms with Crippen molar-refractivity contribution in [1.29, 1.82) is 0 Å². The average molecular weight is 209 g/mol. The predicted molar refractivity (Wildman–Crippen MR) is 43.6 cm³/mol. The number of urea groups is 1. The number of carbonyl (C=O) groups is 1. The van der Waals surface area contributed by atoms with Gasteiger partial charge >= 0.3 is 6.03 Å². The summed E-state index contributed by atoms with van der Waals surface area (Å²) in [5, 5.41) is 9.28. The molecule has 76 valence electrons. The number of nitrogens with one attached hydrogen (secondary N) is 1. The van der Waals surface area contributed by atoms with Crippen molar-refractivity contribution >= 4 is 16.1 Å². The molecule has 8 heteroatoms. The van der Waals surface area contributed by atoms with Crippen LogP contribution in [0.15, 0.2) is 0 Å². The lowest BCUT2D eigenvalue weighted by Crippen LogP contribution is -2.45. The van der Waals surface area contributed by atoms with Crippen LogP contribution in [0.4, 0.5) is 4.79 Å². The van der Waals surface area contributed by atoms with E-state index in [1.54, 1.807) is 0 Å². The molecule has 0 aromatic rings. The van der Waals surface area contributed by atoms with Gasteiger partial charge < -0.3 is 5.11 Å². The number of aliphatic hydroxyl groups excluding tert-OH is 1. The molecule has 1 rings (SSSR count). The molecule has 2 N–H and O–H groups in total. The molecule has 0 aliphatic carbocycles. The van der Waals surface area contributed by atoms with Gasteiger partial charge in [-0.3, -0.25) is 10.3 Å². The number of hydrogen-bond donors (Lipinski definition) is 2. The van der Waals surface area contributed by atoms with Crippen molar-refractivity contribution in [3.8, 4) is 0 Å². The van der Waals surface area contributed by atoms with Crippen molar-refractivity contribution in [2.75, 3.05) is 12.8 Å². The van der Waals surface area contributed by atoms with Crippen LogP contribution >= 0.6 is 0 Å². The SMILES string of the molecule is CCS(=O)(=O)N1NC(=O)N(C)C1O. The highest BCUT2D eigenvalue weighted by Gasteiger charge is 2.40. The van der Waals surface area contributed by atoms with Crippen LogP contribution in [-0.2, 0) is 10.0 Å². The van der Waals surface area contributed by atoms with E-state index in [0.29, 0.717) is 4.41 Å². The second kappa shape index (κ2) is 3.13. The van der Waals surface area contributed by atoms with Gasteiger partial charge in [0.05, 0.1) is 5.75 Å². The maximum Gasteiger partial charge on any atom is 0.335 e. The molecule has 0 radical (unpaired) electrons. The smallest absolute Gasteiger partial charge is 0.335 e. The third-order valence-corrected chi connectivity index (χ3v) is 3.36. The summed E-state index contributed by atoms with van der Waals surface area (Å²) >= 11 is 0. The maximum atomic E-state index is 11.2. The number of sulfonamides is 1. The molecule has 1 heterocycles. The zero-order valence-electron chi connectivity index (χ0n) is 7.26. The minimum absolute atomic E-state index is 0.182. The van der Waals surface area contributed by atoms with Gasteiger partial charge in [0.25, 0.3) is 0 Å². The van der Waals surface area contributed by atoms with Gasteiger partial charge in [0.15, 0.2) is 0 Å². The van der Waals surface area contributed by atoms with Gasteiger partial charge in [-0.15, -0.1) is 0 Å². The Balaban J connectivity index is 2.93. The molecular weight excluding hydrogens is 198 g/mol. The van der Waals surface area contributed by atoms with Crippen LogP contribution in [0.1, 0.15) is 6.92 Å². The molecular formula is C5H11N3O4S. The van der Waals surface area contributed by atoms with E-state index in [-0.39, 0.29) is 5.75 Å². The highest BCUT2D eigenvalue weighted by molar-refractivity contribution is 7.89. The van der Waals surface area contributed by atoms with Gasteiger partial charge in [-0.1, -0.05) is 4.41 Å². The van der Waals surface area contributed by atoms with E-state index < -0.39 is 22.4 Å². The second-order valence-electron chi connectivity index (χ2n) is 2.57.